The number of hydrogen-bond acceptors (Lipinski definition) is 8. The summed E-state index contributed by atoms with van der Waals surface area (Å²) in [7, 11) is 0. The molecule has 9 nitrogen and oxygen atoms in total. The molecule has 2 saturated heterocycles. The van der Waals surface area contributed by atoms with Crippen LogP contribution in [0.2, 0.25) is 0 Å². The van der Waals surface area contributed by atoms with Crippen molar-refractivity contribution in [3.05, 3.63) is 34.5 Å². The summed E-state index contributed by atoms with van der Waals surface area (Å²) >= 11 is 1.79. The van der Waals surface area contributed by atoms with Crippen molar-refractivity contribution in [3.8, 4) is 0 Å². The SMILES string of the molecule is CC1CCN(C(CNC(=O)C2CCN(c3ccc4nnnn4n3)CC2)c2cccs2)CC1. The maximum absolute atomic E-state index is 13.0. The van der Waals surface area contributed by atoms with Gasteiger partial charge in [-0.25, -0.2) is 0 Å². The minimum Gasteiger partial charge on any atom is -0.355 e. The van der Waals surface area contributed by atoms with Crippen LogP contribution in [0.4, 0.5) is 5.82 Å². The van der Waals surface area contributed by atoms with Gasteiger partial charge in [0.15, 0.2) is 11.5 Å². The molecule has 3 aromatic heterocycles. The Balaban J connectivity index is 1.16. The van der Waals surface area contributed by atoms with Crippen molar-refractivity contribution in [2.24, 2.45) is 11.8 Å². The topological polar surface area (TPSA) is 91.5 Å². The third kappa shape index (κ3) is 4.61. The molecule has 0 aromatic carbocycles. The summed E-state index contributed by atoms with van der Waals surface area (Å²) in [4.78, 5) is 19.1. The predicted molar refractivity (Wildman–Crippen MR) is 124 cm³/mol. The fourth-order valence-corrected chi connectivity index (χ4v) is 5.61. The second kappa shape index (κ2) is 9.50. The van der Waals surface area contributed by atoms with E-state index in [9.17, 15) is 4.79 Å². The monoisotopic (exact) mass is 454 g/mol. The molecule has 0 radical (unpaired) electrons. The van der Waals surface area contributed by atoms with Gasteiger partial charge >= 0.3 is 0 Å². The highest BCUT2D eigenvalue weighted by molar-refractivity contribution is 7.10. The molecule has 1 atom stereocenters. The molecule has 1 amide bonds. The Labute approximate surface area is 191 Å². The highest BCUT2D eigenvalue weighted by atomic mass is 32.1. The Morgan fingerprint density at radius 2 is 1.97 bits per heavy atom. The second-order valence-electron chi connectivity index (χ2n) is 8.97. The molecule has 0 bridgehead atoms. The average Bonchev–Trinajstić information content (AvgIpc) is 3.52. The molecule has 3 aromatic rings. The number of fused-ring (bicyclic) bond motifs is 1. The maximum atomic E-state index is 13.0. The second-order valence-corrected chi connectivity index (χ2v) is 9.95. The van der Waals surface area contributed by atoms with Gasteiger partial charge in [0.1, 0.15) is 0 Å². The number of likely N-dealkylation sites (tertiary alicyclic amines) is 1. The van der Waals surface area contributed by atoms with Crippen LogP contribution in [-0.2, 0) is 4.79 Å². The molecular formula is C22H30N8OS. The fraction of sp³-hybridized carbons (Fsp3) is 0.591. The largest absolute Gasteiger partial charge is 0.355 e. The van der Waals surface area contributed by atoms with Gasteiger partial charge < -0.3 is 10.2 Å². The number of carbonyl (C=O) groups excluding carboxylic acids is 1. The summed E-state index contributed by atoms with van der Waals surface area (Å²) in [5.74, 6) is 1.88. The Bertz CT molecular complexity index is 1020. The zero-order valence-electron chi connectivity index (χ0n) is 18.4. The average molecular weight is 455 g/mol. The van der Waals surface area contributed by atoms with Crippen LogP contribution in [0.3, 0.4) is 0 Å². The molecule has 32 heavy (non-hydrogen) atoms. The minimum absolute atomic E-state index is 0.0494. The standard InChI is InChI=1S/C22H30N8OS/c1-16-6-10-28(11-7-16)18(19-3-2-14-32-19)15-23-22(31)17-8-12-29(13-9-17)21-5-4-20-24-26-27-30(20)25-21/h2-5,14,16-18H,6-13,15H2,1H3,(H,23,31). The van der Waals surface area contributed by atoms with Gasteiger partial charge in [-0.2, -0.15) is 0 Å². The smallest absolute Gasteiger partial charge is 0.223 e. The molecule has 1 N–H and O–H groups in total. The summed E-state index contributed by atoms with van der Waals surface area (Å²) in [6.07, 6.45) is 4.12. The molecule has 2 aliphatic heterocycles. The number of tetrazole rings is 1. The summed E-state index contributed by atoms with van der Waals surface area (Å²) < 4.78 is 1.44. The molecule has 5 heterocycles. The lowest BCUT2D eigenvalue weighted by molar-refractivity contribution is -0.125. The zero-order chi connectivity index (χ0) is 21.9. The van der Waals surface area contributed by atoms with Gasteiger partial charge in [-0.15, -0.1) is 26.2 Å². The number of amides is 1. The van der Waals surface area contributed by atoms with Crippen molar-refractivity contribution >= 4 is 28.7 Å². The minimum atomic E-state index is 0.0494. The van der Waals surface area contributed by atoms with Gasteiger partial charge in [-0.1, -0.05) is 13.0 Å². The lowest BCUT2D eigenvalue weighted by Gasteiger charge is -2.37. The lowest BCUT2D eigenvalue weighted by Crippen LogP contribution is -2.45. The Kier molecular flexibility index (Phi) is 6.31. The van der Waals surface area contributed by atoms with Gasteiger partial charge in [0.05, 0.1) is 6.04 Å². The van der Waals surface area contributed by atoms with E-state index in [1.165, 1.54) is 22.3 Å². The maximum Gasteiger partial charge on any atom is 0.223 e. The summed E-state index contributed by atoms with van der Waals surface area (Å²) in [6.45, 7) is 6.84. The van der Waals surface area contributed by atoms with Gasteiger partial charge in [-0.05, 0) is 78.7 Å². The van der Waals surface area contributed by atoms with E-state index >= 15 is 0 Å². The van der Waals surface area contributed by atoms with Crippen molar-refractivity contribution in [1.82, 2.24) is 35.5 Å². The highest BCUT2D eigenvalue weighted by Crippen LogP contribution is 2.29. The molecule has 170 valence electrons. The first-order chi connectivity index (χ1) is 15.7. The molecular weight excluding hydrogens is 424 g/mol. The van der Waals surface area contributed by atoms with Crippen LogP contribution in [0, 0.1) is 11.8 Å². The first kappa shape index (κ1) is 21.3. The zero-order valence-corrected chi connectivity index (χ0v) is 19.2. The van der Waals surface area contributed by atoms with E-state index in [4.69, 9.17) is 0 Å². The molecule has 2 fully saturated rings. The van der Waals surface area contributed by atoms with E-state index in [-0.39, 0.29) is 17.9 Å². The van der Waals surface area contributed by atoms with E-state index in [1.54, 1.807) is 11.3 Å². The number of nitrogens with one attached hydrogen (secondary N) is 1. The Hall–Kier alpha value is -2.59. The van der Waals surface area contributed by atoms with E-state index in [0.29, 0.717) is 12.2 Å². The van der Waals surface area contributed by atoms with E-state index in [2.05, 4.69) is 60.2 Å². The molecule has 10 heteroatoms. The third-order valence-electron chi connectivity index (χ3n) is 6.85. The molecule has 1 unspecified atom stereocenters. The van der Waals surface area contributed by atoms with Crippen LogP contribution >= 0.6 is 11.3 Å². The number of carbonyl (C=O) groups is 1. The van der Waals surface area contributed by atoms with E-state index in [0.717, 1.165) is 50.8 Å². The van der Waals surface area contributed by atoms with Crippen molar-refractivity contribution in [1.29, 1.82) is 0 Å². The summed E-state index contributed by atoms with van der Waals surface area (Å²) in [6, 6.07) is 8.40. The highest BCUT2D eigenvalue weighted by Gasteiger charge is 2.29. The Morgan fingerprint density at radius 1 is 1.16 bits per heavy atom. The van der Waals surface area contributed by atoms with Crippen molar-refractivity contribution in [3.63, 3.8) is 0 Å². The molecule has 0 aliphatic carbocycles. The molecule has 5 rings (SSSR count). The van der Waals surface area contributed by atoms with Crippen molar-refractivity contribution in [2.75, 3.05) is 37.6 Å². The number of nitrogens with zero attached hydrogens (tertiary/aromatic N) is 7. The van der Waals surface area contributed by atoms with Gasteiger partial charge in [0.2, 0.25) is 5.91 Å². The molecule has 2 aliphatic rings. The van der Waals surface area contributed by atoms with Gasteiger partial charge in [-0.3, -0.25) is 9.69 Å². The molecule has 0 spiro atoms. The number of hydrogen-bond donors (Lipinski definition) is 1. The lowest BCUT2D eigenvalue weighted by atomic mass is 9.95. The number of piperidine rings is 2. The van der Waals surface area contributed by atoms with E-state index in [1.807, 2.05) is 12.1 Å². The van der Waals surface area contributed by atoms with Crippen LogP contribution in [0.25, 0.3) is 5.65 Å². The van der Waals surface area contributed by atoms with Crippen molar-refractivity contribution < 1.29 is 4.79 Å². The fourth-order valence-electron chi connectivity index (χ4n) is 4.75. The van der Waals surface area contributed by atoms with Crippen LogP contribution in [0.15, 0.2) is 29.6 Å². The van der Waals surface area contributed by atoms with Crippen LogP contribution in [0.5, 0.6) is 0 Å². The van der Waals surface area contributed by atoms with Gasteiger partial charge in [0.25, 0.3) is 0 Å². The number of aromatic nitrogens is 5. The third-order valence-corrected chi connectivity index (χ3v) is 7.82. The van der Waals surface area contributed by atoms with Gasteiger partial charge in [0, 0.05) is 30.4 Å². The Morgan fingerprint density at radius 3 is 2.72 bits per heavy atom. The van der Waals surface area contributed by atoms with Crippen LogP contribution in [-0.4, -0.2) is 68.8 Å². The first-order valence-corrected chi connectivity index (χ1v) is 12.4. The summed E-state index contributed by atoms with van der Waals surface area (Å²) in [5.41, 5.74) is 0.631. The van der Waals surface area contributed by atoms with Crippen LogP contribution < -0.4 is 10.2 Å². The quantitative estimate of drug-likeness (QED) is 0.611. The number of rotatable bonds is 6. The molecule has 0 saturated carbocycles. The number of anilines is 1. The normalized spacial score (nSPS) is 20.0. The predicted octanol–water partition coefficient (Wildman–Crippen LogP) is 2.39. The van der Waals surface area contributed by atoms with Crippen LogP contribution in [0.1, 0.15) is 43.5 Å². The van der Waals surface area contributed by atoms with E-state index < -0.39 is 0 Å². The number of thiophene rings is 1. The summed E-state index contributed by atoms with van der Waals surface area (Å²) in [5, 5.41) is 21.3. The van der Waals surface area contributed by atoms with Crippen molar-refractivity contribution in [2.45, 2.75) is 38.6 Å². The first-order valence-electron chi connectivity index (χ1n) is 11.5.